The Balaban J connectivity index is 1.81. The van der Waals surface area contributed by atoms with Gasteiger partial charge in [0, 0.05) is 11.1 Å². The molecule has 2 nitrogen and oxygen atoms in total. The van der Waals surface area contributed by atoms with E-state index in [2.05, 4.69) is 17.2 Å². The first-order chi connectivity index (χ1) is 8.20. The molecule has 1 aliphatic rings. The Kier molecular flexibility index (Phi) is 2.97. The van der Waals surface area contributed by atoms with Gasteiger partial charge < -0.3 is 5.32 Å². The van der Waals surface area contributed by atoms with E-state index in [1.807, 2.05) is 18.2 Å². The lowest BCUT2D eigenvalue weighted by Gasteiger charge is -2.10. The fraction of sp³-hybridized carbons (Fsp3) is 0.462. The molecule has 2 aromatic rings. The third-order valence-electron chi connectivity index (χ3n) is 3.37. The Labute approximate surface area is 110 Å². The van der Waals surface area contributed by atoms with Gasteiger partial charge in [0.15, 0.2) is 5.13 Å². The van der Waals surface area contributed by atoms with Crippen LogP contribution < -0.4 is 5.32 Å². The zero-order valence-corrected chi connectivity index (χ0v) is 11.3. The van der Waals surface area contributed by atoms with E-state index >= 15 is 0 Å². The molecule has 1 fully saturated rings. The van der Waals surface area contributed by atoms with Crippen LogP contribution in [0, 0.1) is 5.92 Å². The quantitative estimate of drug-likeness (QED) is 0.863. The van der Waals surface area contributed by atoms with Gasteiger partial charge in [-0.25, -0.2) is 4.98 Å². The number of hydrogen-bond acceptors (Lipinski definition) is 3. The van der Waals surface area contributed by atoms with Crippen molar-refractivity contribution >= 4 is 38.3 Å². The number of aromatic nitrogens is 1. The molecule has 1 aromatic heterocycles. The number of fused-ring (bicyclic) bond motifs is 1. The average Bonchev–Trinajstić information content (AvgIpc) is 2.84. The third kappa shape index (κ3) is 2.40. The van der Waals surface area contributed by atoms with Gasteiger partial charge in [-0.2, -0.15) is 0 Å². The van der Waals surface area contributed by atoms with Gasteiger partial charge in [0.1, 0.15) is 0 Å². The number of nitrogens with one attached hydrogen (secondary N) is 1. The van der Waals surface area contributed by atoms with E-state index in [4.69, 9.17) is 11.6 Å². The molecule has 1 heterocycles. The van der Waals surface area contributed by atoms with Crippen molar-refractivity contribution in [2.24, 2.45) is 5.92 Å². The van der Waals surface area contributed by atoms with Crippen LogP contribution in [0.3, 0.4) is 0 Å². The van der Waals surface area contributed by atoms with Crippen molar-refractivity contribution in [2.45, 2.75) is 32.2 Å². The molecule has 3 rings (SSSR count). The highest BCUT2D eigenvalue weighted by Crippen LogP contribution is 2.32. The Morgan fingerprint density at radius 1 is 1.41 bits per heavy atom. The minimum absolute atomic E-state index is 0.598. The standard InChI is InChI=1S/C13H15ClN2S/c1-8-2-4-10(6-8)15-13-16-11-5-3-9(14)7-12(11)17-13/h3,5,7-8,10H,2,4,6H2,1H3,(H,15,16). The maximum absolute atomic E-state index is 5.98. The molecule has 0 saturated heterocycles. The highest BCUT2D eigenvalue weighted by atomic mass is 35.5. The predicted octanol–water partition coefficient (Wildman–Crippen LogP) is 4.55. The van der Waals surface area contributed by atoms with Crippen LogP contribution in [0.5, 0.6) is 0 Å². The monoisotopic (exact) mass is 266 g/mol. The van der Waals surface area contributed by atoms with Gasteiger partial charge in [0.25, 0.3) is 0 Å². The molecule has 90 valence electrons. The molecule has 0 bridgehead atoms. The molecule has 2 atom stereocenters. The molecule has 4 heteroatoms. The van der Waals surface area contributed by atoms with E-state index in [1.165, 1.54) is 19.3 Å². The van der Waals surface area contributed by atoms with Gasteiger partial charge in [0.05, 0.1) is 10.2 Å². The van der Waals surface area contributed by atoms with Crippen molar-refractivity contribution in [3.63, 3.8) is 0 Å². The second-order valence-corrected chi connectivity index (χ2v) is 6.36. The third-order valence-corrected chi connectivity index (χ3v) is 4.56. The number of rotatable bonds is 2. The van der Waals surface area contributed by atoms with Crippen molar-refractivity contribution in [3.8, 4) is 0 Å². The van der Waals surface area contributed by atoms with Gasteiger partial charge in [-0.3, -0.25) is 0 Å². The summed E-state index contributed by atoms with van der Waals surface area (Å²) in [7, 11) is 0. The second-order valence-electron chi connectivity index (χ2n) is 4.89. The van der Waals surface area contributed by atoms with Gasteiger partial charge >= 0.3 is 0 Å². The summed E-state index contributed by atoms with van der Waals surface area (Å²) in [5.74, 6) is 0.844. The van der Waals surface area contributed by atoms with Crippen molar-refractivity contribution in [3.05, 3.63) is 23.2 Å². The molecule has 1 aromatic carbocycles. The molecule has 2 unspecified atom stereocenters. The summed E-state index contributed by atoms with van der Waals surface area (Å²) < 4.78 is 1.16. The van der Waals surface area contributed by atoms with E-state index in [0.29, 0.717) is 6.04 Å². The average molecular weight is 267 g/mol. The van der Waals surface area contributed by atoms with Crippen molar-refractivity contribution < 1.29 is 0 Å². The van der Waals surface area contributed by atoms with Gasteiger partial charge in [-0.05, 0) is 43.4 Å². The van der Waals surface area contributed by atoms with Crippen molar-refractivity contribution in [2.75, 3.05) is 5.32 Å². The van der Waals surface area contributed by atoms with Gasteiger partial charge in [-0.1, -0.05) is 29.9 Å². The Bertz CT molecular complexity index is 537. The number of thiazole rings is 1. The summed E-state index contributed by atoms with van der Waals surface area (Å²) in [6.07, 6.45) is 3.85. The van der Waals surface area contributed by atoms with Gasteiger partial charge in [-0.15, -0.1) is 0 Å². The van der Waals surface area contributed by atoms with Crippen molar-refractivity contribution in [1.29, 1.82) is 0 Å². The van der Waals surface area contributed by atoms with Crippen LogP contribution in [0.15, 0.2) is 18.2 Å². The molecule has 1 N–H and O–H groups in total. The number of anilines is 1. The minimum atomic E-state index is 0.598. The lowest BCUT2D eigenvalue weighted by molar-refractivity contribution is 0.602. The van der Waals surface area contributed by atoms with E-state index in [9.17, 15) is 0 Å². The van der Waals surface area contributed by atoms with E-state index in [0.717, 1.165) is 26.3 Å². The molecule has 0 amide bonds. The summed E-state index contributed by atoms with van der Waals surface area (Å²) >= 11 is 7.67. The zero-order chi connectivity index (χ0) is 11.8. The topological polar surface area (TPSA) is 24.9 Å². The fourth-order valence-electron chi connectivity index (χ4n) is 2.47. The van der Waals surface area contributed by atoms with Crippen LogP contribution in [-0.2, 0) is 0 Å². The summed E-state index contributed by atoms with van der Waals surface area (Å²) in [6.45, 7) is 2.32. The maximum Gasteiger partial charge on any atom is 0.184 e. The van der Waals surface area contributed by atoms with E-state index in [1.54, 1.807) is 11.3 Å². The van der Waals surface area contributed by atoms with Crippen LogP contribution in [0.2, 0.25) is 5.02 Å². The molecule has 1 saturated carbocycles. The zero-order valence-electron chi connectivity index (χ0n) is 9.74. The minimum Gasteiger partial charge on any atom is -0.359 e. The largest absolute Gasteiger partial charge is 0.359 e. The van der Waals surface area contributed by atoms with Gasteiger partial charge in [0.2, 0.25) is 0 Å². The summed E-state index contributed by atoms with van der Waals surface area (Å²) in [5.41, 5.74) is 1.04. The maximum atomic E-state index is 5.98. The molecule has 1 aliphatic carbocycles. The Morgan fingerprint density at radius 3 is 3.06 bits per heavy atom. The fourth-order valence-corrected chi connectivity index (χ4v) is 3.69. The normalized spacial score (nSPS) is 24.4. The van der Waals surface area contributed by atoms with Crippen LogP contribution in [-0.4, -0.2) is 11.0 Å². The Morgan fingerprint density at radius 2 is 2.29 bits per heavy atom. The Hall–Kier alpha value is -0.800. The van der Waals surface area contributed by atoms with Crippen LogP contribution in [0.4, 0.5) is 5.13 Å². The first kappa shape index (κ1) is 11.3. The molecule has 0 radical (unpaired) electrons. The second kappa shape index (κ2) is 4.46. The summed E-state index contributed by atoms with van der Waals surface area (Å²) in [6, 6.07) is 6.46. The number of hydrogen-bond donors (Lipinski definition) is 1. The van der Waals surface area contributed by atoms with Crippen LogP contribution >= 0.6 is 22.9 Å². The number of nitrogens with zero attached hydrogens (tertiary/aromatic N) is 1. The smallest absolute Gasteiger partial charge is 0.184 e. The first-order valence-corrected chi connectivity index (χ1v) is 7.23. The molecular weight excluding hydrogens is 252 g/mol. The summed E-state index contributed by atoms with van der Waals surface area (Å²) in [4.78, 5) is 4.59. The highest BCUT2D eigenvalue weighted by molar-refractivity contribution is 7.22. The summed E-state index contributed by atoms with van der Waals surface area (Å²) in [5, 5.41) is 5.35. The van der Waals surface area contributed by atoms with E-state index < -0.39 is 0 Å². The number of benzene rings is 1. The molecule has 0 spiro atoms. The van der Waals surface area contributed by atoms with E-state index in [-0.39, 0.29) is 0 Å². The lowest BCUT2D eigenvalue weighted by atomic mass is 10.1. The first-order valence-electron chi connectivity index (χ1n) is 6.03. The predicted molar refractivity (Wildman–Crippen MR) is 75.1 cm³/mol. The lowest BCUT2D eigenvalue weighted by Crippen LogP contribution is -2.14. The molecule has 0 aliphatic heterocycles. The number of halogens is 1. The SMILES string of the molecule is CC1CCC(Nc2nc3ccc(Cl)cc3s2)C1. The van der Waals surface area contributed by atoms with Crippen LogP contribution in [0.1, 0.15) is 26.2 Å². The van der Waals surface area contributed by atoms with Crippen molar-refractivity contribution in [1.82, 2.24) is 4.98 Å². The van der Waals surface area contributed by atoms with Crippen LogP contribution in [0.25, 0.3) is 10.2 Å². The molecular formula is C13H15ClN2S. The highest BCUT2D eigenvalue weighted by Gasteiger charge is 2.21. The molecule has 17 heavy (non-hydrogen) atoms.